The van der Waals surface area contributed by atoms with Crippen molar-refractivity contribution >= 4 is 5.91 Å². The van der Waals surface area contributed by atoms with Gasteiger partial charge in [-0.2, -0.15) is 0 Å². The van der Waals surface area contributed by atoms with E-state index in [0.29, 0.717) is 13.1 Å². The number of hydrogen-bond acceptors (Lipinski definition) is 3. The minimum Gasteiger partial charge on any atom is -0.386 e. The molecule has 0 saturated carbocycles. The summed E-state index contributed by atoms with van der Waals surface area (Å²) in [7, 11) is 0. The van der Waals surface area contributed by atoms with Gasteiger partial charge < -0.3 is 15.7 Å². The fourth-order valence-electron chi connectivity index (χ4n) is 1.93. The fourth-order valence-corrected chi connectivity index (χ4v) is 1.93. The maximum atomic E-state index is 11.9. The average Bonchev–Trinajstić information content (AvgIpc) is 2.25. The zero-order valence-electron chi connectivity index (χ0n) is 9.26. The van der Waals surface area contributed by atoms with E-state index in [9.17, 15) is 9.90 Å². The highest BCUT2D eigenvalue weighted by Crippen LogP contribution is 2.23. The molecule has 3 N–H and O–H groups in total. The molecule has 4 nitrogen and oxygen atoms in total. The van der Waals surface area contributed by atoms with Gasteiger partial charge in [0.2, 0.25) is 5.91 Å². The maximum Gasteiger partial charge on any atom is 0.244 e. The van der Waals surface area contributed by atoms with E-state index < -0.39 is 11.6 Å². The highest BCUT2D eigenvalue weighted by molar-refractivity contribution is 5.84. The molecule has 1 aromatic carbocycles. The van der Waals surface area contributed by atoms with Crippen LogP contribution in [0.4, 0.5) is 0 Å². The molecule has 0 spiro atoms. The van der Waals surface area contributed by atoms with Gasteiger partial charge in [0.1, 0.15) is 6.04 Å². The van der Waals surface area contributed by atoms with Crippen molar-refractivity contribution in [3.05, 3.63) is 35.9 Å². The monoisotopic (exact) mass is 220 g/mol. The van der Waals surface area contributed by atoms with E-state index >= 15 is 0 Å². The Morgan fingerprint density at radius 3 is 2.50 bits per heavy atom. The number of hydrogen-bond donors (Lipinski definition) is 2. The number of benzene rings is 1. The first-order valence-corrected chi connectivity index (χ1v) is 5.31. The maximum absolute atomic E-state index is 11.9. The predicted molar refractivity (Wildman–Crippen MR) is 60.6 cm³/mol. The number of aliphatic hydroxyl groups is 1. The smallest absolute Gasteiger partial charge is 0.244 e. The van der Waals surface area contributed by atoms with Gasteiger partial charge in [-0.25, -0.2) is 0 Å². The molecule has 0 aromatic heterocycles. The molecule has 1 fully saturated rings. The molecule has 1 amide bonds. The Hall–Kier alpha value is -1.39. The Kier molecular flexibility index (Phi) is 2.69. The predicted octanol–water partition coefficient (Wildman–Crippen LogP) is 0.280. The van der Waals surface area contributed by atoms with Crippen molar-refractivity contribution in [1.29, 1.82) is 0 Å². The standard InChI is InChI=1S/C12H16N2O2/c1-12(16)7-14(8-12)11(15)10(13)9-5-3-2-4-6-9/h2-6,10,16H,7-8,13H2,1H3/t10-/m0/s1. The van der Waals surface area contributed by atoms with Crippen molar-refractivity contribution in [1.82, 2.24) is 4.90 Å². The Morgan fingerprint density at radius 1 is 1.44 bits per heavy atom. The van der Waals surface area contributed by atoms with Crippen LogP contribution >= 0.6 is 0 Å². The van der Waals surface area contributed by atoms with Gasteiger partial charge in [0.05, 0.1) is 18.7 Å². The first-order valence-electron chi connectivity index (χ1n) is 5.31. The zero-order valence-corrected chi connectivity index (χ0v) is 9.26. The lowest BCUT2D eigenvalue weighted by Crippen LogP contribution is -2.63. The SMILES string of the molecule is CC1(O)CN(C(=O)[C@@H](N)c2ccccc2)C1. The number of β-amino-alcohol motifs (C(OH)–C–C–N with tert-alkyl or cyclic N) is 1. The Morgan fingerprint density at radius 2 is 2.00 bits per heavy atom. The van der Waals surface area contributed by atoms with Crippen LogP contribution in [-0.4, -0.2) is 34.6 Å². The van der Waals surface area contributed by atoms with E-state index in [0.717, 1.165) is 5.56 Å². The molecular weight excluding hydrogens is 204 g/mol. The lowest BCUT2D eigenvalue weighted by molar-refractivity contribution is -0.153. The highest BCUT2D eigenvalue weighted by atomic mass is 16.3. The van der Waals surface area contributed by atoms with E-state index in [1.807, 2.05) is 30.3 Å². The van der Waals surface area contributed by atoms with E-state index in [1.165, 1.54) is 0 Å². The molecule has 1 aliphatic heterocycles. The lowest BCUT2D eigenvalue weighted by Gasteiger charge is -2.45. The third kappa shape index (κ3) is 2.08. The second-order valence-corrected chi connectivity index (χ2v) is 4.58. The van der Waals surface area contributed by atoms with Gasteiger partial charge in [-0.15, -0.1) is 0 Å². The first kappa shape index (κ1) is 11.1. The molecular formula is C12H16N2O2. The molecule has 1 saturated heterocycles. The van der Waals surface area contributed by atoms with E-state index in [-0.39, 0.29) is 5.91 Å². The van der Waals surface area contributed by atoms with Crippen molar-refractivity contribution in [2.75, 3.05) is 13.1 Å². The number of amides is 1. The molecule has 1 aliphatic rings. The Balaban J connectivity index is 2.01. The second-order valence-electron chi connectivity index (χ2n) is 4.58. The summed E-state index contributed by atoms with van der Waals surface area (Å²) in [6.07, 6.45) is 0. The summed E-state index contributed by atoms with van der Waals surface area (Å²) in [5.41, 5.74) is 5.93. The topological polar surface area (TPSA) is 66.6 Å². The highest BCUT2D eigenvalue weighted by Gasteiger charge is 2.40. The van der Waals surface area contributed by atoms with Crippen LogP contribution in [0.15, 0.2) is 30.3 Å². The van der Waals surface area contributed by atoms with Crippen LogP contribution in [-0.2, 0) is 4.79 Å². The molecule has 1 aromatic rings. The summed E-state index contributed by atoms with van der Waals surface area (Å²) in [4.78, 5) is 13.5. The molecule has 86 valence electrons. The van der Waals surface area contributed by atoms with Crippen LogP contribution in [0.5, 0.6) is 0 Å². The molecule has 0 aliphatic carbocycles. The summed E-state index contributed by atoms with van der Waals surface area (Å²) < 4.78 is 0. The van der Waals surface area contributed by atoms with Crippen LogP contribution in [0.1, 0.15) is 18.5 Å². The minimum absolute atomic E-state index is 0.127. The van der Waals surface area contributed by atoms with Crippen molar-refractivity contribution in [2.24, 2.45) is 5.73 Å². The zero-order chi connectivity index (χ0) is 11.8. The summed E-state index contributed by atoms with van der Waals surface area (Å²) in [5, 5.41) is 9.55. The van der Waals surface area contributed by atoms with Gasteiger partial charge in [-0.1, -0.05) is 30.3 Å². The summed E-state index contributed by atoms with van der Waals surface area (Å²) in [5.74, 6) is -0.127. The quantitative estimate of drug-likeness (QED) is 0.752. The number of carbonyl (C=O) groups excluding carboxylic acids is 1. The molecule has 1 heterocycles. The van der Waals surface area contributed by atoms with Gasteiger partial charge in [0, 0.05) is 0 Å². The fraction of sp³-hybridized carbons (Fsp3) is 0.417. The summed E-state index contributed by atoms with van der Waals surface area (Å²) >= 11 is 0. The van der Waals surface area contributed by atoms with Crippen molar-refractivity contribution in [3.8, 4) is 0 Å². The molecule has 4 heteroatoms. The minimum atomic E-state index is -0.744. The van der Waals surface area contributed by atoms with Gasteiger partial charge in [-0.3, -0.25) is 4.79 Å². The number of nitrogens with two attached hydrogens (primary N) is 1. The number of likely N-dealkylation sites (tertiary alicyclic amines) is 1. The van der Waals surface area contributed by atoms with Crippen LogP contribution in [0.2, 0.25) is 0 Å². The number of carbonyl (C=O) groups is 1. The van der Waals surface area contributed by atoms with E-state index in [1.54, 1.807) is 11.8 Å². The Bertz CT molecular complexity index is 381. The van der Waals surface area contributed by atoms with E-state index in [4.69, 9.17) is 5.73 Å². The van der Waals surface area contributed by atoms with Gasteiger partial charge >= 0.3 is 0 Å². The van der Waals surface area contributed by atoms with Gasteiger partial charge in [0.25, 0.3) is 0 Å². The molecule has 2 rings (SSSR count). The van der Waals surface area contributed by atoms with Crippen molar-refractivity contribution in [2.45, 2.75) is 18.6 Å². The lowest BCUT2D eigenvalue weighted by atomic mass is 9.95. The third-order valence-corrected chi connectivity index (χ3v) is 2.80. The largest absolute Gasteiger partial charge is 0.386 e. The average molecular weight is 220 g/mol. The molecule has 0 radical (unpaired) electrons. The summed E-state index contributed by atoms with van der Waals surface area (Å²) in [6.45, 7) is 2.45. The van der Waals surface area contributed by atoms with Crippen LogP contribution in [0.3, 0.4) is 0 Å². The summed E-state index contributed by atoms with van der Waals surface area (Å²) in [6, 6.07) is 8.64. The second kappa shape index (κ2) is 3.88. The number of rotatable bonds is 2. The molecule has 0 bridgehead atoms. The Labute approximate surface area is 94.7 Å². The molecule has 0 unspecified atom stereocenters. The normalized spacial score (nSPS) is 20.1. The van der Waals surface area contributed by atoms with E-state index in [2.05, 4.69) is 0 Å². The van der Waals surface area contributed by atoms with Crippen LogP contribution in [0.25, 0.3) is 0 Å². The molecule has 1 atom stereocenters. The third-order valence-electron chi connectivity index (χ3n) is 2.80. The van der Waals surface area contributed by atoms with Gasteiger partial charge in [0.15, 0.2) is 0 Å². The van der Waals surface area contributed by atoms with Crippen molar-refractivity contribution in [3.63, 3.8) is 0 Å². The van der Waals surface area contributed by atoms with Crippen LogP contribution < -0.4 is 5.73 Å². The van der Waals surface area contributed by atoms with Crippen LogP contribution in [0, 0.1) is 0 Å². The first-order chi connectivity index (χ1) is 7.49. The van der Waals surface area contributed by atoms with Crippen molar-refractivity contribution < 1.29 is 9.90 Å². The number of nitrogens with zero attached hydrogens (tertiary/aromatic N) is 1. The van der Waals surface area contributed by atoms with Gasteiger partial charge in [-0.05, 0) is 12.5 Å². The molecule has 16 heavy (non-hydrogen) atoms.